The van der Waals surface area contributed by atoms with Gasteiger partial charge in [0.05, 0.1) is 16.5 Å². The summed E-state index contributed by atoms with van der Waals surface area (Å²) in [6.45, 7) is 0. The molecule has 0 unspecified atom stereocenters. The Bertz CT molecular complexity index is 1390. The Morgan fingerprint density at radius 2 is 1.62 bits per heavy atom. The van der Waals surface area contributed by atoms with Gasteiger partial charge in [-0.05, 0) is 57.9 Å². The molecule has 3 aromatic carbocycles. The third-order valence-corrected chi connectivity index (χ3v) is 5.78. The largest absolute Gasteiger partial charge is 0.450 e. The fourth-order valence-electron chi connectivity index (χ4n) is 3.10. The van der Waals surface area contributed by atoms with Gasteiger partial charge < -0.3 is 9.15 Å². The van der Waals surface area contributed by atoms with Crippen molar-refractivity contribution in [3.05, 3.63) is 97.2 Å². The summed E-state index contributed by atoms with van der Waals surface area (Å²) < 4.78 is 52.8. The molecule has 0 aliphatic rings. The number of carbonyl (C=O) groups is 1. The predicted octanol–water partition coefficient (Wildman–Crippen LogP) is 7.22. The van der Waals surface area contributed by atoms with Gasteiger partial charge >= 0.3 is 12.1 Å². The average Bonchev–Trinajstić information content (AvgIpc) is 2.74. The van der Waals surface area contributed by atoms with E-state index in [2.05, 4.69) is 31.9 Å². The number of hydrogen-bond acceptors (Lipinski definition) is 4. The highest BCUT2D eigenvalue weighted by atomic mass is 79.9. The van der Waals surface area contributed by atoms with Gasteiger partial charge in [0.15, 0.2) is 0 Å². The molecule has 162 valence electrons. The number of benzene rings is 3. The quantitative estimate of drug-likeness (QED) is 0.194. The molecule has 0 saturated heterocycles. The Morgan fingerprint density at radius 1 is 0.938 bits per heavy atom. The minimum atomic E-state index is -4.92. The van der Waals surface area contributed by atoms with Crippen molar-refractivity contribution < 1.29 is 27.1 Å². The van der Waals surface area contributed by atoms with Crippen LogP contribution in [0.4, 0.5) is 13.2 Å². The van der Waals surface area contributed by atoms with Crippen molar-refractivity contribution in [2.24, 2.45) is 0 Å². The Hall–Kier alpha value is -2.91. The van der Waals surface area contributed by atoms with Gasteiger partial charge in [-0.15, -0.1) is 0 Å². The van der Waals surface area contributed by atoms with Crippen LogP contribution in [-0.2, 0) is 6.18 Å². The lowest BCUT2D eigenvalue weighted by Crippen LogP contribution is -2.16. The maximum absolute atomic E-state index is 13.8. The SMILES string of the molecule is O=C(Oc1ccc2c(=O)c(-c3ccc(Br)cc3)c(C(F)(F)F)oc2c1)c1ccccc1Br. The summed E-state index contributed by atoms with van der Waals surface area (Å²) in [7, 11) is 0. The van der Waals surface area contributed by atoms with Crippen LogP contribution < -0.4 is 10.2 Å². The summed E-state index contributed by atoms with van der Waals surface area (Å²) >= 11 is 6.45. The van der Waals surface area contributed by atoms with Crippen molar-refractivity contribution in [1.82, 2.24) is 0 Å². The minimum Gasteiger partial charge on any atom is -0.450 e. The van der Waals surface area contributed by atoms with Crippen molar-refractivity contribution in [1.29, 1.82) is 0 Å². The predicted molar refractivity (Wildman–Crippen MR) is 120 cm³/mol. The van der Waals surface area contributed by atoms with E-state index in [0.29, 0.717) is 8.95 Å². The van der Waals surface area contributed by atoms with Gasteiger partial charge in [-0.3, -0.25) is 4.79 Å². The van der Waals surface area contributed by atoms with Crippen molar-refractivity contribution >= 4 is 48.8 Å². The zero-order valence-electron chi connectivity index (χ0n) is 15.9. The minimum absolute atomic E-state index is 0.0640. The van der Waals surface area contributed by atoms with Gasteiger partial charge in [0.1, 0.15) is 11.3 Å². The summed E-state index contributed by atoms with van der Waals surface area (Å²) in [4.78, 5) is 25.4. The molecule has 0 spiro atoms. The fourth-order valence-corrected chi connectivity index (χ4v) is 3.82. The first kappa shape index (κ1) is 22.3. The molecule has 0 fully saturated rings. The van der Waals surface area contributed by atoms with Gasteiger partial charge in [-0.25, -0.2) is 4.79 Å². The van der Waals surface area contributed by atoms with Crippen LogP contribution in [-0.4, -0.2) is 5.97 Å². The molecule has 1 aromatic heterocycles. The number of rotatable bonds is 3. The normalized spacial score (nSPS) is 11.5. The number of fused-ring (bicyclic) bond motifs is 1. The summed E-state index contributed by atoms with van der Waals surface area (Å²) in [5.41, 5.74) is -1.48. The molecule has 4 nitrogen and oxygen atoms in total. The molecular weight excluding hydrogens is 557 g/mol. The van der Waals surface area contributed by atoms with Crippen molar-refractivity contribution in [2.75, 3.05) is 0 Å². The van der Waals surface area contributed by atoms with Crippen LogP contribution in [0.15, 0.2) is 84.9 Å². The fraction of sp³-hybridized carbons (Fsp3) is 0.0435. The molecule has 0 N–H and O–H groups in total. The first-order valence-corrected chi connectivity index (χ1v) is 10.6. The molecule has 0 radical (unpaired) electrons. The third-order valence-electron chi connectivity index (χ3n) is 4.56. The molecule has 0 bridgehead atoms. The second kappa shape index (κ2) is 8.55. The Balaban J connectivity index is 1.83. The molecule has 9 heteroatoms. The Morgan fingerprint density at radius 3 is 2.28 bits per heavy atom. The van der Waals surface area contributed by atoms with E-state index in [1.54, 1.807) is 18.2 Å². The van der Waals surface area contributed by atoms with E-state index in [4.69, 9.17) is 9.15 Å². The van der Waals surface area contributed by atoms with Crippen LogP contribution in [0.2, 0.25) is 0 Å². The van der Waals surface area contributed by atoms with Crippen LogP contribution >= 0.6 is 31.9 Å². The van der Waals surface area contributed by atoms with E-state index in [1.165, 1.54) is 42.5 Å². The van der Waals surface area contributed by atoms with Crippen LogP contribution in [0.3, 0.4) is 0 Å². The molecule has 0 aliphatic carbocycles. The number of carbonyl (C=O) groups excluding carboxylic acids is 1. The molecular formula is C23H11Br2F3O4. The molecule has 0 saturated carbocycles. The highest BCUT2D eigenvalue weighted by Crippen LogP contribution is 2.38. The monoisotopic (exact) mass is 566 g/mol. The van der Waals surface area contributed by atoms with Crippen molar-refractivity contribution in [3.63, 3.8) is 0 Å². The van der Waals surface area contributed by atoms with E-state index >= 15 is 0 Å². The average molecular weight is 568 g/mol. The number of ether oxygens (including phenoxy) is 1. The van der Waals surface area contributed by atoms with Gasteiger partial charge in [-0.1, -0.05) is 40.2 Å². The number of halogens is 5. The molecule has 0 aliphatic heterocycles. The van der Waals surface area contributed by atoms with E-state index < -0.39 is 28.9 Å². The lowest BCUT2D eigenvalue weighted by atomic mass is 10.0. The smallest absolute Gasteiger partial charge is 0.450 e. The maximum atomic E-state index is 13.8. The lowest BCUT2D eigenvalue weighted by molar-refractivity contribution is -0.152. The van der Waals surface area contributed by atoms with E-state index in [-0.39, 0.29) is 27.8 Å². The molecule has 1 heterocycles. The summed E-state index contributed by atoms with van der Waals surface area (Å²) in [5, 5.41) is -0.0726. The molecule has 0 amide bonds. The molecule has 0 atom stereocenters. The van der Waals surface area contributed by atoms with Crippen LogP contribution in [0.5, 0.6) is 5.75 Å². The highest BCUT2D eigenvalue weighted by molar-refractivity contribution is 9.10. The van der Waals surface area contributed by atoms with Crippen LogP contribution in [0.25, 0.3) is 22.1 Å². The van der Waals surface area contributed by atoms with Gasteiger partial charge in [0.2, 0.25) is 11.2 Å². The number of hydrogen-bond donors (Lipinski definition) is 0. The summed E-state index contributed by atoms with van der Waals surface area (Å²) in [5.74, 6) is -2.21. The van der Waals surface area contributed by atoms with Gasteiger partial charge in [0, 0.05) is 15.0 Å². The highest BCUT2D eigenvalue weighted by Gasteiger charge is 2.39. The van der Waals surface area contributed by atoms with Gasteiger partial charge in [-0.2, -0.15) is 13.2 Å². The molecule has 4 aromatic rings. The lowest BCUT2D eigenvalue weighted by Gasteiger charge is -2.13. The molecule has 4 rings (SSSR count). The third kappa shape index (κ3) is 4.35. The summed E-state index contributed by atoms with van der Waals surface area (Å²) in [6.07, 6.45) is -4.92. The van der Waals surface area contributed by atoms with Gasteiger partial charge in [0.25, 0.3) is 0 Å². The van der Waals surface area contributed by atoms with Crippen molar-refractivity contribution in [2.45, 2.75) is 6.18 Å². The van der Waals surface area contributed by atoms with E-state index in [1.807, 2.05) is 0 Å². The zero-order valence-corrected chi connectivity index (χ0v) is 19.0. The standard InChI is InChI=1S/C23H11Br2F3O4/c24-13-7-5-12(6-8-13)19-20(29)16-10-9-14(11-18(16)32-21(19)23(26,27)28)31-22(30)15-3-1-2-4-17(15)25/h1-11H. The van der Waals surface area contributed by atoms with Crippen LogP contribution in [0.1, 0.15) is 16.1 Å². The first-order valence-electron chi connectivity index (χ1n) is 9.06. The van der Waals surface area contributed by atoms with Crippen molar-refractivity contribution in [3.8, 4) is 16.9 Å². The van der Waals surface area contributed by atoms with Crippen LogP contribution in [0, 0.1) is 0 Å². The Kier molecular flexibility index (Phi) is 5.96. The second-order valence-electron chi connectivity index (χ2n) is 6.67. The number of esters is 1. The second-order valence-corrected chi connectivity index (χ2v) is 8.44. The zero-order chi connectivity index (χ0) is 23.0. The Labute approximate surface area is 195 Å². The first-order chi connectivity index (χ1) is 15.1. The maximum Gasteiger partial charge on any atom is 0.450 e. The summed E-state index contributed by atoms with van der Waals surface area (Å²) in [6, 6.07) is 16.1. The number of alkyl halides is 3. The van der Waals surface area contributed by atoms with E-state index in [9.17, 15) is 22.8 Å². The van der Waals surface area contributed by atoms with E-state index in [0.717, 1.165) is 6.07 Å². The molecule has 32 heavy (non-hydrogen) atoms. The topological polar surface area (TPSA) is 56.5 Å².